The van der Waals surface area contributed by atoms with E-state index in [9.17, 15) is 8.78 Å². The van der Waals surface area contributed by atoms with Crippen LogP contribution in [0.3, 0.4) is 0 Å². The standard InChI is InChI=1S/C12H13F2N5/c13-8-1-2-10(14)9(7-8)11-16-12(18-17-11)19-5-3-15-4-6-19/h1-2,7,15H,3-6H2,(H,16,17,18). The predicted octanol–water partition coefficient (Wildman–Crippen LogP) is 1.16. The second kappa shape index (κ2) is 4.93. The third kappa shape index (κ3) is 2.41. The van der Waals surface area contributed by atoms with Crippen LogP contribution >= 0.6 is 0 Å². The number of H-pyrrole nitrogens is 1. The Morgan fingerprint density at radius 3 is 2.74 bits per heavy atom. The zero-order valence-electron chi connectivity index (χ0n) is 10.2. The first-order chi connectivity index (χ1) is 9.24. The van der Waals surface area contributed by atoms with Gasteiger partial charge in [-0.1, -0.05) is 0 Å². The summed E-state index contributed by atoms with van der Waals surface area (Å²) in [6, 6.07) is 3.27. The van der Waals surface area contributed by atoms with Crippen LogP contribution in [-0.4, -0.2) is 41.4 Å². The van der Waals surface area contributed by atoms with Gasteiger partial charge in [-0.2, -0.15) is 4.98 Å². The number of nitrogens with one attached hydrogen (secondary N) is 2. The minimum Gasteiger partial charge on any atom is -0.337 e. The summed E-state index contributed by atoms with van der Waals surface area (Å²) in [6.45, 7) is 3.31. The molecule has 19 heavy (non-hydrogen) atoms. The number of hydrogen-bond acceptors (Lipinski definition) is 4. The fraction of sp³-hybridized carbons (Fsp3) is 0.333. The molecule has 0 amide bonds. The van der Waals surface area contributed by atoms with Gasteiger partial charge in [0, 0.05) is 26.2 Å². The molecule has 0 saturated carbocycles. The molecule has 1 fully saturated rings. The largest absolute Gasteiger partial charge is 0.337 e. The van der Waals surface area contributed by atoms with Gasteiger partial charge in [-0.05, 0) is 18.2 Å². The Morgan fingerprint density at radius 1 is 1.16 bits per heavy atom. The number of nitrogens with zero attached hydrogens (tertiary/aromatic N) is 3. The Bertz CT molecular complexity index is 577. The van der Waals surface area contributed by atoms with Crippen molar-refractivity contribution in [2.24, 2.45) is 0 Å². The zero-order chi connectivity index (χ0) is 13.2. The molecule has 0 aliphatic carbocycles. The van der Waals surface area contributed by atoms with Gasteiger partial charge in [0.1, 0.15) is 11.6 Å². The highest BCUT2D eigenvalue weighted by Crippen LogP contribution is 2.22. The smallest absolute Gasteiger partial charge is 0.245 e. The van der Waals surface area contributed by atoms with E-state index < -0.39 is 11.6 Å². The van der Waals surface area contributed by atoms with E-state index in [2.05, 4.69) is 20.5 Å². The molecule has 0 unspecified atom stereocenters. The maximum absolute atomic E-state index is 13.6. The second-order valence-electron chi connectivity index (χ2n) is 4.35. The quantitative estimate of drug-likeness (QED) is 0.855. The van der Waals surface area contributed by atoms with E-state index in [4.69, 9.17) is 0 Å². The fourth-order valence-electron chi connectivity index (χ4n) is 2.06. The number of rotatable bonds is 2. The van der Waals surface area contributed by atoms with Crippen molar-refractivity contribution in [3.05, 3.63) is 29.8 Å². The van der Waals surface area contributed by atoms with Crippen molar-refractivity contribution in [1.29, 1.82) is 0 Å². The molecule has 1 aliphatic heterocycles. The lowest BCUT2D eigenvalue weighted by Gasteiger charge is -2.25. The molecule has 0 spiro atoms. The van der Waals surface area contributed by atoms with E-state index in [1.807, 2.05) is 4.90 Å². The number of aromatic amines is 1. The first-order valence-electron chi connectivity index (χ1n) is 6.07. The molecule has 0 radical (unpaired) electrons. The molecule has 0 bridgehead atoms. The molecule has 1 aromatic heterocycles. The van der Waals surface area contributed by atoms with Crippen molar-refractivity contribution in [2.45, 2.75) is 0 Å². The van der Waals surface area contributed by atoms with E-state index in [-0.39, 0.29) is 11.4 Å². The van der Waals surface area contributed by atoms with E-state index in [0.29, 0.717) is 5.95 Å². The molecule has 2 heterocycles. The minimum absolute atomic E-state index is 0.0916. The number of benzene rings is 1. The number of piperazine rings is 1. The van der Waals surface area contributed by atoms with E-state index in [1.165, 1.54) is 0 Å². The van der Waals surface area contributed by atoms with Gasteiger partial charge in [0.25, 0.3) is 0 Å². The third-order valence-corrected chi connectivity index (χ3v) is 3.06. The fourth-order valence-corrected chi connectivity index (χ4v) is 2.06. The average Bonchev–Trinajstić information content (AvgIpc) is 2.92. The van der Waals surface area contributed by atoms with E-state index in [0.717, 1.165) is 44.4 Å². The van der Waals surface area contributed by atoms with Crippen LogP contribution in [0.2, 0.25) is 0 Å². The Morgan fingerprint density at radius 2 is 1.95 bits per heavy atom. The summed E-state index contributed by atoms with van der Waals surface area (Å²) in [5.41, 5.74) is 0.0916. The van der Waals surface area contributed by atoms with Gasteiger partial charge in [-0.3, -0.25) is 5.10 Å². The SMILES string of the molecule is Fc1ccc(F)c(-c2nc(N3CCNCC3)n[nH]2)c1. The predicted molar refractivity (Wildman–Crippen MR) is 66.8 cm³/mol. The van der Waals surface area contributed by atoms with Gasteiger partial charge in [0.05, 0.1) is 5.56 Å². The van der Waals surface area contributed by atoms with Crippen LogP contribution in [-0.2, 0) is 0 Å². The number of aromatic nitrogens is 3. The monoisotopic (exact) mass is 265 g/mol. The van der Waals surface area contributed by atoms with Crippen LogP contribution in [0.5, 0.6) is 0 Å². The maximum atomic E-state index is 13.6. The van der Waals surface area contributed by atoms with Crippen molar-refractivity contribution in [1.82, 2.24) is 20.5 Å². The highest BCUT2D eigenvalue weighted by Gasteiger charge is 2.17. The lowest BCUT2D eigenvalue weighted by atomic mass is 10.2. The minimum atomic E-state index is -0.524. The van der Waals surface area contributed by atoms with Crippen molar-refractivity contribution in [2.75, 3.05) is 31.1 Å². The van der Waals surface area contributed by atoms with Crippen LogP contribution in [0.15, 0.2) is 18.2 Å². The summed E-state index contributed by atoms with van der Waals surface area (Å²) in [5, 5.41) is 9.94. The third-order valence-electron chi connectivity index (χ3n) is 3.06. The summed E-state index contributed by atoms with van der Waals surface area (Å²) in [6.07, 6.45) is 0. The van der Waals surface area contributed by atoms with Gasteiger partial charge >= 0.3 is 0 Å². The summed E-state index contributed by atoms with van der Waals surface area (Å²) < 4.78 is 26.8. The van der Waals surface area contributed by atoms with Crippen LogP contribution in [0, 0.1) is 11.6 Å². The average molecular weight is 265 g/mol. The lowest BCUT2D eigenvalue weighted by molar-refractivity contribution is 0.580. The van der Waals surface area contributed by atoms with Crippen LogP contribution < -0.4 is 10.2 Å². The van der Waals surface area contributed by atoms with Crippen LogP contribution in [0.25, 0.3) is 11.4 Å². The van der Waals surface area contributed by atoms with Crippen molar-refractivity contribution >= 4 is 5.95 Å². The van der Waals surface area contributed by atoms with E-state index in [1.54, 1.807) is 0 Å². The van der Waals surface area contributed by atoms with Gasteiger partial charge < -0.3 is 10.2 Å². The Balaban J connectivity index is 1.89. The van der Waals surface area contributed by atoms with Gasteiger partial charge in [0.15, 0.2) is 5.82 Å². The van der Waals surface area contributed by atoms with Crippen LogP contribution in [0.1, 0.15) is 0 Å². The molecule has 7 heteroatoms. The number of anilines is 1. The Kier molecular flexibility index (Phi) is 3.12. The van der Waals surface area contributed by atoms with E-state index >= 15 is 0 Å². The van der Waals surface area contributed by atoms with Crippen molar-refractivity contribution < 1.29 is 8.78 Å². The zero-order valence-corrected chi connectivity index (χ0v) is 10.2. The lowest BCUT2D eigenvalue weighted by Crippen LogP contribution is -2.44. The van der Waals surface area contributed by atoms with Gasteiger partial charge in [0.2, 0.25) is 5.95 Å². The van der Waals surface area contributed by atoms with Crippen molar-refractivity contribution in [3.63, 3.8) is 0 Å². The number of hydrogen-bond donors (Lipinski definition) is 2. The Hall–Kier alpha value is -2.02. The molecular formula is C12H13F2N5. The summed E-state index contributed by atoms with van der Waals surface area (Å²) >= 11 is 0. The first-order valence-corrected chi connectivity index (χ1v) is 6.07. The summed E-state index contributed by atoms with van der Waals surface area (Å²) in [4.78, 5) is 6.22. The molecule has 2 N–H and O–H groups in total. The Labute approximate surface area is 108 Å². The van der Waals surface area contributed by atoms with Crippen molar-refractivity contribution in [3.8, 4) is 11.4 Å². The normalized spacial score (nSPS) is 15.8. The number of halogens is 2. The molecule has 3 rings (SSSR count). The summed E-state index contributed by atoms with van der Waals surface area (Å²) in [7, 11) is 0. The molecule has 0 atom stereocenters. The van der Waals surface area contributed by atoms with Gasteiger partial charge in [-0.15, -0.1) is 5.10 Å². The highest BCUT2D eigenvalue weighted by molar-refractivity contribution is 5.57. The molecule has 100 valence electrons. The molecular weight excluding hydrogens is 252 g/mol. The second-order valence-corrected chi connectivity index (χ2v) is 4.35. The van der Waals surface area contributed by atoms with Crippen LogP contribution in [0.4, 0.5) is 14.7 Å². The molecule has 1 saturated heterocycles. The highest BCUT2D eigenvalue weighted by atomic mass is 19.1. The molecule has 2 aromatic rings. The summed E-state index contributed by atoms with van der Waals surface area (Å²) in [5.74, 6) is -0.272. The molecule has 5 nitrogen and oxygen atoms in total. The first kappa shape index (κ1) is 12.0. The maximum Gasteiger partial charge on any atom is 0.245 e. The topological polar surface area (TPSA) is 56.8 Å². The van der Waals surface area contributed by atoms with Gasteiger partial charge in [-0.25, -0.2) is 8.78 Å². The molecule has 1 aromatic carbocycles. The molecule has 1 aliphatic rings.